The molecule has 0 unspecified atom stereocenters. The summed E-state index contributed by atoms with van der Waals surface area (Å²) >= 11 is 9.98. The first-order chi connectivity index (χ1) is 7.01. The Bertz CT molecular complexity index is 338. The number of hydrogen-bond donors (Lipinski definition) is 2. The van der Waals surface area contributed by atoms with E-state index in [1.807, 2.05) is 6.92 Å². The molecule has 92 valence electrons. The minimum absolute atomic E-state index is 0.216. The summed E-state index contributed by atoms with van der Waals surface area (Å²) in [5.41, 5.74) is 4.27. The molecule has 0 saturated heterocycles. The fourth-order valence-electron chi connectivity index (χ4n) is 1.05. The van der Waals surface area contributed by atoms with Gasteiger partial charge in [-0.2, -0.15) is 0 Å². The van der Waals surface area contributed by atoms with Crippen LogP contribution in [0.1, 0.15) is 27.2 Å². The first-order valence-corrected chi connectivity index (χ1v) is 7.06. The number of nitrogens with one attached hydrogen (secondary N) is 2. The van der Waals surface area contributed by atoms with Gasteiger partial charge in [-0.25, -0.2) is 0 Å². The molecule has 2 N–H and O–H groups in total. The molecule has 0 bridgehead atoms. The van der Waals surface area contributed by atoms with Crippen LogP contribution in [0.2, 0.25) is 0 Å². The van der Waals surface area contributed by atoms with Crippen molar-refractivity contribution in [1.29, 1.82) is 0 Å². The molecular weight excluding hydrogens is 408 g/mol. The topological polar surface area (TPSA) is 58.2 Å². The Kier molecular flexibility index (Phi) is 3.83. The molecule has 1 saturated carbocycles. The predicted molar refractivity (Wildman–Crippen MR) is 72.6 cm³/mol. The summed E-state index contributed by atoms with van der Waals surface area (Å²) in [7, 11) is 0. The van der Waals surface area contributed by atoms with Crippen LogP contribution < -0.4 is 10.9 Å². The maximum Gasteiger partial charge on any atom is 0.254 e. The maximum absolute atomic E-state index is 11.8. The number of hydrazine groups is 1. The minimum Gasteiger partial charge on any atom is -0.273 e. The second-order valence-electron chi connectivity index (χ2n) is 4.59. The molecule has 0 aromatic rings. The van der Waals surface area contributed by atoms with Crippen molar-refractivity contribution in [1.82, 2.24) is 10.9 Å². The summed E-state index contributed by atoms with van der Waals surface area (Å²) in [6.45, 7) is 5.22. The third kappa shape index (κ3) is 2.79. The van der Waals surface area contributed by atoms with E-state index in [9.17, 15) is 9.59 Å². The zero-order valence-corrected chi connectivity index (χ0v) is 13.9. The second-order valence-corrected chi connectivity index (χ2v) is 10.3. The molecule has 0 heterocycles. The molecule has 1 rings (SSSR count). The molecule has 1 aliphatic carbocycles. The van der Waals surface area contributed by atoms with Crippen molar-refractivity contribution in [2.45, 2.75) is 34.7 Å². The smallest absolute Gasteiger partial charge is 0.254 e. The SMILES string of the molecule is CC(C)(Br)C(=O)NNC(=O)[C@]1(C)CC1(Br)Br. The van der Waals surface area contributed by atoms with Crippen molar-refractivity contribution in [2.24, 2.45) is 5.41 Å². The first kappa shape index (κ1) is 14.4. The van der Waals surface area contributed by atoms with Crippen LogP contribution in [0.5, 0.6) is 0 Å². The Morgan fingerprint density at radius 1 is 1.25 bits per heavy atom. The first-order valence-electron chi connectivity index (χ1n) is 4.68. The van der Waals surface area contributed by atoms with Gasteiger partial charge in [-0.3, -0.25) is 20.4 Å². The Hall–Kier alpha value is 0.380. The molecule has 0 aromatic heterocycles. The van der Waals surface area contributed by atoms with Gasteiger partial charge >= 0.3 is 0 Å². The van der Waals surface area contributed by atoms with E-state index in [0.717, 1.165) is 0 Å². The van der Waals surface area contributed by atoms with E-state index in [-0.39, 0.29) is 15.0 Å². The van der Waals surface area contributed by atoms with E-state index in [4.69, 9.17) is 0 Å². The van der Waals surface area contributed by atoms with Crippen LogP contribution in [0.15, 0.2) is 0 Å². The quantitative estimate of drug-likeness (QED) is 0.531. The fourth-order valence-corrected chi connectivity index (χ4v) is 2.63. The van der Waals surface area contributed by atoms with Crippen molar-refractivity contribution < 1.29 is 9.59 Å². The predicted octanol–water partition coefficient (Wildman–Crippen LogP) is 2.20. The Morgan fingerprint density at radius 2 is 1.69 bits per heavy atom. The number of alkyl halides is 3. The maximum atomic E-state index is 11.8. The fraction of sp³-hybridized carbons (Fsp3) is 0.778. The van der Waals surface area contributed by atoms with Crippen molar-refractivity contribution in [3.63, 3.8) is 0 Å². The van der Waals surface area contributed by atoms with Crippen molar-refractivity contribution in [3.05, 3.63) is 0 Å². The van der Waals surface area contributed by atoms with Gasteiger partial charge < -0.3 is 0 Å². The summed E-state index contributed by atoms with van der Waals surface area (Å²) in [5.74, 6) is -0.508. The van der Waals surface area contributed by atoms with E-state index >= 15 is 0 Å². The van der Waals surface area contributed by atoms with Crippen LogP contribution in [-0.4, -0.2) is 19.4 Å². The van der Waals surface area contributed by atoms with Gasteiger partial charge in [0.1, 0.15) is 4.32 Å². The summed E-state index contributed by atoms with van der Waals surface area (Å²) < 4.78 is -1.06. The van der Waals surface area contributed by atoms with E-state index in [1.54, 1.807) is 13.8 Å². The van der Waals surface area contributed by atoms with Gasteiger partial charge in [-0.05, 0) is 27.2 Å². The van der Waals surface area contributed by atoms with Crippen LogP contribution in [0.4, 0.5) is 0 Å². The molecule has 0 spiro atoms. The monoisotopic (exact) mass is 418 g/mol. The number of rotatable bonds is 2. The number of amides is 2. The van der Waals surface area contributed by atoms with Crippen molar-refractivity contribution >= 4 is 59.6 Å². The lowest BCUT2D eigenvalue weighted by Crippen LogP contribution is -2.50. The average Bonchev–Trinajstić information content (AvgIpc) is 2.61. The highest BCUT2D eigenvalue weighted by molar-refractivity contribution is 9.25. The van der Waals surface area contributed by atoms with Gasteiger partial charge in [-0.15, -0.1) is 0 Å². The lowest BCUT2D eigenvalue weighted by molar-refractivity contribution is -0.132. The lowest BCUT2D eigenvalue weighted by Gasteiger charge is -2.18. The van der Waals surface area contributed by atoms with E-state index in [2.05, 4.69) is 58.6 Å². The zero-order chi connectivity index (χ0) is 12.8. The van der Waals surface area contributed by atoms with Crippen LogP contribution in [0.25, 0.3) is 0 Å². The van der Waals surface area contributed by atoms with Crippen LogP contribution in [0, 0.1) is 5.41 Å². The standard InChI is InChI=1S/C9H13Br3N2O2/c1-7(2,10)5(15)13-14-6(16)8(3)4-9(8,11)12/h4H2,1-3H3,(H,13,15)(H,14,16)/t8-/m0/s1. The van der Waals surface area contributed by atoms with E-state index in [1.165, 1.54) is 0 Å². The zero-order valence-electron chi connectivity index (χ0n) is 9.16. The molecule has 2 amide bonds. The highest BCUT2D eigenvalue weighted by atomic mass is 79.9. The number of halogens is 3. The lowest BCUT2D eigenvalue weighted by atomic mass is 10.1. The van der Waals surface area contributed by atoms with Gasteiger partial charge in [0, 0.05) is 0 Å². The molecular formula is C9H13Br3N2O2. The Morgan fingerprint density at radius 3 is 2.00 bits per heavy atom. The molecule has 4 nitrogen and oxygen atoms in total. The van der Waals surface area contributed by atoms with Crippen LogP contribution in [0.3, 0.4) is 0 Å². The molecule has 0 aromatic carbocycles. The molecule has 1 atom stereocenters. The highest BCUT2D eigenvalue weighted by Gasteiger charge is 2.66. The molecule has 0 aliphatic heterocycles. The van der Waals surface area contributed by atoms with Gasteiger partial charge in [-0.1, -0.05) is 47.8 Å². The summed E-state index contributed by atoms with van der Waals surface area (Å²) in [5, 5.41) is 0. The largest absolute Gasteiger partial charge is 0.273 e. The summed E-state index contributed by atoms with van der Waals surface area (Å²) in [6.07, 6.45) is 0.680. The summed E-state index contributed by atoms with van der Waals surface area (Å²) in [4.78, 5) is 23.3. The van der Waals surface area contributed by atoms with Gasteiger partial charge in [0.2, 0.25) is 5.91 Å². The Balaban J connectivity index is 2.47. The second kappa shape index (κ2) is 4.24. The van der Waals surface area contributed by atoms with E-state index < -0.39 is 9.74 Å². The molecule has 1 aliphatic rings. The van der Waals surface area contributed by atoms with Gasteiger partial charge in [0.05, 0.1) is 8.65 Å². The normalized spacial score (nSPS) is 27.1. The van der Waals surface area contributed by atoms with Gasteiger partial charge in [0.15, 0.2) is 0 Å². The highest BCUT2D eigenvalue weighted by Crippen LogP contribution is 2.66. The molecule has 16 heavy (non-hydrogen) atoms. The molecule has 0 radical (unpaired) electrons. The molecule has 1 fully saturated rings. The number of carbonyl (C=O) groups is 2. The Labute approximate surface area is 120 Å². The van der Waals surface area contributed by atoms with E-state index in [0.29, 0.717) is 6.42 Å². The minimum atomic E-state index is -0.704. The van der Waals surface area contributed by atoms with Crippen LogP contribution in [-0.2, 0) is 9.59 Å². The third-order valence-electron chi connectivity index (χ3n) is 2.59. The number of carbonyl (C=O) groups excluding carboxylic acids is 2. The molecule has 7 heteroatoms. The third-order valence-corrected chi connectivity index (χ3v) is 5.26. The van der Waals surface area contributed by atoms with Crippen LogP contribution >= 0.6 is 47.8 Å². The van der Waals surface area contributed by atoms with Gasteiger partial charge in [0.25, 0.3) is 5.91 Å². The summed E-state index contributed by atoms with van der Waals surface area (Å²) in [6, 6.07) is 0. The van der Waals surface area contributed by atoms with Crippen molar-refractivity contribution in [2.75, 3.05) is 0 Å². The number of hydrogen-bond acceptors (Lipinski definition) is 2. The van der Waals surface area contributed by atoms with Crippen molar-refractivity contribution in [3.8, 4) is 0 Å². The average molecular weight is 421 g/mol.